The van der Waals surface area contributed by atoms with Crippen LogP contribution >= 0.6 is 0 Å². The molecule has 1 aromatic rings. The molecule has 0 radical (unpaired) electrons. The summed E-state index contributed by atoms with van der Waals surface area (Å²) in [5, 5.41) is 13.2. The Morgan fingerprint density at radius 3 is 1.96 bits per heavy atom. The molecule has 1 saturated heterocycles. The summed E-state index contributed by atoms with van der Waals surface area (Å²) in [5.41, 5.74) is 2.37. The van der Waals surface area contributed by atoms with E-state index in [-0.39, 0.29) is 27.9 Å². The average molecular weight is 337 g/mol. The molecule has 5 heteroatoms. The maximum atomic E-state index is 12.0. The van der Waals surface area contributed by atoms with Gasteiger partial charge in [-0.25, -0.2) is 0 Å². The third-order valence-corrected chi connectivity index (χ3v) is 5.59. The van der Waals surface area contributed by atoms with E-state index in [9.17, 15) is 14.1 Å². The Morgan fingerprint density at radius 1 is 1.13 bits per heavy atom. The Kier molecular flexibility index (Phi) is 4.64. The number of carbonyl (C=O) groups is 1. The third kappa shape index (κ3) is 3.94. The number of rotatable bonds is 2. The number of aromatic hydroxyl groups is 1. The molecule has 0 aromatic heterocycles. The number of benzene rings is 1. The van der Waals surface area contributed by atoms with E-state index in [2.05, 4.69) is 46.9 Å². The van der Waals surface area contributed by atoms with Crippen LogP contribution in [-0.4, -0.2) is 26.3 Å². The molecule has 0 aliphatic carbocycles. The number of amides is 1. The van der Waals surface area contributed by atoms with Crippen molar-refractivity contribution in [2.75, 3.05) is 5.75 Å². The summed E-state index contributed by atoms with van der Waals surface area (Å²) in [4.78, 5) is 11.4. The predicted octanol–water partition coefficient (Wildman–Crippen LogP) is 2.73. The van der Waals surface area contributed by atoms with E-state index >= 15 is 0 Å². The third-order valence-electron chi connectivity index (χ3n) is 4.12. The second-order valence-electron chi connectivity index (χ2n) is 8.32. The normalized spacial score (nSPS) is 22.3. The summed E-state index contributed by atoms with van der Waals surface area (Å²) in [6, 6.07) is 3.96. The molecule has 1 amide bonds. The van der Waals surface area contributed by atoms with Crippen molar-refractivity contribution in [3.8, 4) is 5.75 Å². The molecule has 4 nitrogen and oxygen atoms in total. The van der Waals surface area contributed by atoms with Crippen molar-refractivity contribution < 1.29 is 14.1 Å². The van der Waals surface area contributed by atoms with Crippen LogP contribution in [0.3, 0.4) is 0 Å². The molecule has 1 aliphatic heterocycles. The van der Waals surface area contributed by atoms with Gasteiger partial charge in [0.05, 0.1) is 10.8 Å². The molecule has 0 saturated carbocycles. The summed E-state index contributed by atoms with van der Waals surface area (Å²) in [5.74, 6) is 0.269. The number of carbonyl (C=O) groups excluding carboxylic acids is 1. The van der Waals surface area contributed by atoms with Gasteiger partial charge in [-0.3, -0.25) is 9.00 Å². The first-order valence-electron chi connectivity index (χ1n) is 7.93. The summed E-state index contributed by atoms with van der Waals surface area (Å²) in [7, 11) is -1.18. The summed E-state index contributed by atoms with van der Waals surface area (Å²) < 4.78 is 12.0. The molecule has 1 aliphatic rings. The standard InChI is InChI=1S/C18H27NO3S/c1-17(2,3)12-7-11(8-13(16(12)21)18(4,5)6)9-15-19-14(20)10-23(15)22/h7-8,15,21H,9-10H2,1-6H3,(H,19,20). The van der Waals surface area contributed by atoms with Crippen LogP contribution in [0, 0.1) is 0 Å². The lowest BCUT2D eigenvalue weighted by molar-refractivity contribution is -0.118. The minimum atomic E-state index is -1.18. The fraction of sp³-hybridized carbons (Fsp3) is 0.611. The average Bonchev–Trinajstić information content (AvgIpc) is 2.67. The zero-order chi connectivity index (χ0) is 17.6. The highest BCUT2D eigenvalue weighted by molar-refractivity contribution is 7.86. The zero-order valence-electron chi connectivity index (χ0n) is 14.8. The second-order valence-corrected chi connectivity index (χ2v) is 9.94. The van der Waals surface area contributed by atoms with Crippen molar-refractivity contribution in [1.82, 2.24) is 5.32 Å². The maximum absolute atomic E-state index is 12.0. The number of phenols is 1. The Bertz CT molecular complexity index is 618. The predicted molar refractivity (Wildman–Crippen MR) is 94.2 cm³/mol. The SMILES string of the molecule is CC(C)(C)c1cc(CC2NC(=O)CS2=O)cc(C(C)(C)C)c1O. The van der Waals surface area contributed by atoms with Gasteiger partial charge in [0.25, 0.3) is 0 Å². The minimum absolute atomic E-state index is 0.0843. The van der Waals surface area contributed by atoms with Crippen LogP contribution in [0.2, 0.25) is 0 Å². The van der Waals surface area contributed by atoms with Gasteiger partial charge in [-0.05, 0) is 27.5 Å². The van der Waals surface area contributed by atoms with Crippen molar-refractivity contribution in [3.05, 3.63) is 28.8 Å². The number of hydrogen-bond donors (Lipinski definition) is 2. The van der Waals surface area contributed by atoms with Crippen molar-refractivity contribution in [1.29, 1.82) is 0 Å². The van der Waals surface area contributed by atoms with E-state index in [1.807, 2.05) is 12.1 Å². The number of nitrogens with one attached hydrogen (secondary N) is 1. The molecule has 23 heavy (non-hydrogen) atoms. The highest BCUT2D eigenvalue weighted by atomic mass is 32.2. The van der Waals surface area contributed by atoms with Gasteiger partial charge in [0.15, 0.2) is 0 Å². The lowest BCUT2D eigenvalue weighted by atomic mass is 9.78. The van der Waals surface area contributed by atoms with Gasteiger partial charge in [-0.2, -0.15) is 0 Å². The Hall–Kier alpha value is -1.36. The van der Waals surface area contributed by atoms with E-state index in [1.54, 1.807) is 0 Å². The first-order chi connectivity index (χ1) is 10.4. The molecule has 128 valence electrons. The van der Waals surface area contributed by atoms with Gasteiger partial charge < -0.3 is 10.4 Å². The fourth-order valence-electron chi connectivity index (χ4n) is 2.83. The molecule has 2 rings (SSSR count). The highest BCUT2D eigenvalue weighted by Gasteiger charge is 2.31. The smallest absolute Gasteiger partial charge is 0.233 e. The highest BCUT2D eigenvalue weighted by Crippen LogP contribution is 2.40. The lowest BCUT2D eigenvalue weighted by Crippen LogP contribution is -2.29. The van der Waals surface area contributed by atoms with Crippen molar-refractivity contribution in [2.45, 2.75) is 64.2 Å². The molecule has 1 aromatic carbocycles. The molecule has 1 heterocycles. The van der Waals surface area contributed by atoms with Gasteiger partial charge in [-0.15, -0.1) is 0 Å². The first kappa shape index (κ1) is 18.0. The van der Waals surface area contributed by atoms with E-state index in [0.29, 0.717) is 12.2 Å². The van der Waals surface area contributed by atoms with Crippen molar-refractivity contribution in [2.24, 2.45) is 0 Å². The second kappa shape index (κ2) is 5.93. The Labute approximate surface area is 141 Å². The van der Waals surface area contributed by atoms with Crippen LogP contribution < -0.4 is 5.32 Å². The van der Waals surface area contributed by atoms with Crippen LogP contribution in [0.5, 0.6) is 5.75 Å². The molecule has 2 atom stereocenters. The largest absolute Gasteiger partial charge is 0.507 e. The Morgan fingerprint density at radius 2 is 1.61 bits per heavy atom. The van der Waals surface area contributed by atoms with E-state index < -0.39 is 10.8 Å². The van der Waals surface area contributed by atoms with Gasteiger partial charge >= 0.3 is 0 Å². The van der Waals surface area contributed by atoms with Gasteiger partial charge in [-0.1, -0.05) is 53.7 Å². The monoisotopic (exact) mass is 337 g/mol. The molecule has 2 N–H and O–H groups in total. The molecule has 2 unspecified atom stereocenters. The van der Waals surface area contributed by atoms with Gasteiger partial charge in [0.1, 0.15) is 16.9 Å². The fourth-order valence-corrected chi connectivity index (χ4v) is 4.01. The number of phenolic OH excluding ortho intramolecular Hbond substituents is 1. The van der Waals surface area contributed by atoms with E-state index in [1.165, 1.54) is 0 Å². The zero-order valence-corrected chi connectivity index (χ0v) is 15.6. The van der Waals surface area contributed by atoms with Crippen molar-refractivity contribution >= 4 is 16.7 Å². The van der Waals surface area contributed by atoms with Crippen molar-refractivity contribution in [3.63, 3.8) is 0 Å². The number of hydrogen-bond acceptors (Lipinski definition) is 3. The lowest BCUT2D eigenvalue weighted by Gasteiger charge is -2.28. The topological polar surface area (TPSA) is 66.4 Å². The molecule has 0 spiro atoms. The summed E-state index contributed by atoms with van der Waals surface area (Å²) >= 11 is 0. The summed E-state index contributed by atoms with van der Waals surface area (Å²) in [6.07, 6.45) is 0.519. The molecular formula is C18H27NO3S. The maximum Gasteiger partial charge on any atom is 0.233 e. The molecular weight excluding hydrogens is 310 g/mol. The first-order valence-corrected chi connectivity index (χ1v) is 9.31. The van der Waals surface area contributed by atoms with Crippen LogP contribution in [0.15, 0.2) is 12.1 Å². The minimum Gasteiger partial charge on any atom is -0.507 e. The molecule has 0 bridgehead atoms. The van der Waals surface area contributed by atoms with E-state index in [0.717, 1.165) is 16.7 Å². The van der Waals surface area contributed by atoms with Gasteiger partial charge in [0.2, 0.25) is 5.91 Å². The summed E-state index contributed by atoms with van der Waals surface area (Å²) in [6.45, 7) is 12.4. The van der Waals surface area contributed by atoms with E-state index in [4.69, 9.17) is 0 Å². The Balaban J connectivity index is 2.48. The van der Waals surface area contributed by atoms with Crippen LogP contribution in [0.25, 0.3) is 0 Å². The van der Waals surface area contributed by atoms with Crippen LogP contribution in [0.1, 0.15) is 58.2 Å². The van der Waals surface area contributed by atoms with Gasteiger partial charge in [0, 0.05) is 6.42 Å². The van der Waals surface area contributed by atoms with Crippen LogP contribution in [0.4, 0.5) is 0 Å². The quantitative estimate of drug-likeness (QED) is 0.872. The molecule has 1 fully saturated rings. The van der Waals surface area contributed by atoms with Crippen LogP contribution in [-0.2, 0) is 32.8 Å².